The molecule has 3 heterocycles. The van der Waals surface area contributed by atoms with E-state index in [2.05, 4.69) is 25.9 Å². The minimum Gasteiger partial charge on any atom is -0.384 e. The van der Waals surface area contributed by atoms with Crippen LogP contribution in [0.3, 0.4) is 0 Å². The highest BCUT2D eigenvalue weighted by atomic mass is 19.4. The highest BCUT2D eigenvalue weighted by Gasteiger charge is 2.36. The lowest BCUT2D eigenvalue weighted by Gasteiger charge is -2.24. The van der Waals surface area contributed by atoms with Crippen molar-refractivity contribution >= 4 is 11.6 Å². The molecule has 4 rings (SSSR count). The summed E-state index contributed by atoms with van der Waals surface area (Å²) in [4.78, 5) is 8.21. The molecular formula is C19H22F3N5. The summed E-state index contributed by atoms with van der Waals surface area (Å²) < 4.78 is 40.4. The van der Waals surface area contributed by atoms with Gasteiger partial charge in [-0.25, -0.2) is 9.97 Å². The van der Waals surface area contributed by atoms with Gasteiger partial charge < -0.3 is 16.0 Å². The van der Waals surface area contributed by atoms with E-state index in [4.69, 9.17) is 0 Å². The van der Waals surface area contributed by atoms with E-state index in [0.717, 1.165) is 43.4 Å². The number of piperidine rings is 1. The first-order chi connectivity index (χ1) is 13.0. The maximum absolute atomic E-state index is 13.5. The van der Waals surface area contributed by atoms with Crippen LogP contribution in [0.4, 0.5) is 24.8 Å². The molecule has 144 valence electrons. The fourth-order valence-corrected chi connectivity index (χ4v) is 3.81. The van der Waals surface area contributed by atoms with Gasteiger partial charge in [-0.15, -0.1) is 0 Å². The van der Waals surface area contributed by atoms with Gasteiger partial charge in [0.1, 0.15) is 0 Å². The third-order valence-corrected chi connectivity index (χ3v) is 5.18. The SMILES string of the molecule is FC(F)(F)c1cnc(N[C@H]2CCCNC2)nc1CC1CNc2ccccc21. The fourth-order valence-electron chi connectivity index (χ4n) is 3.81. The van der Waals surface area contributed by atoms with Gasteiger partial charge in [0, 0.05) is 36.9 Å². The molecule has 27 heavy (non-hydrogen) atoms. The van der Waals surface area contributed by atoms with Crippen LogP contribution in [0.5, 0.6) is 0 Å². The lowest BCUT2D eigenvalue weighted by Crippen LogP contribution is -2.39. The smallest absolute Gasteiger partial charge is 0.384 e. The molecule has 8 heteroatoms. The number of halogens is 3. The lowest BCUT2D eigenvalue weighted by molar-refractivity contribution is -0.138. The predicted molar refractivity (Wildman–Crippen MR) is 97.9 cm³/mol. The molecule has 1 fully saturated rings. The summed E-state index contributed by atoms with van der Waals surface area (Å²) in [6.07, 6.45) is -1.36. The first kappa shape index (κ1) is 18.0. The monoisotopic (exact) mass is 377 g/mol. The van der Waals surface area contributed by atoms with Crippen molar-refractivity contribution in [3.05, 3.63) is 47.3 Å². The van der Waals surface area contributed by atoms with Crippen molar-refractivity contribution < 1.29 is 13.2 Å². The maximum atomic E-state index is 13.5. The van der Waals surface area contributed by atoms with E-state index < -0.39 is 11.7 Å². The third-order valence-electron chi connectivity index (χ3n) is 5.18. The van der Waals surface area contributed by atoms with Crippen LogP contribution < -0.4 is 16.0 Å². The van der Waals surface area contributed by atoms with E-state index in [-0.39, 0.29) is 30.0 Å². The Morgan fingerprint density at radius 2 is 2.04 bits per heavy atom. The molecule has 1 saturated heterocycles. The first-order valence-electron chi connectivity index (χ1n) is 9.24. The van der Waals surface area contributed by atoms with E-state index in [1.54, 1.807) is 0 Å². The zero-order valence-electron chi connectivity index (χ0n) is 14.8. The molecular weight excluding hydrogens is 355 g/mol. The van der Waals surface area contributed by atoms with Crippen molar-refractivity contribution in [2.24, 2.45) is 0 Å². The Labute approximate surface area is 155 Å². The molecule has 3 N–H and O–H groups in total. The van der Waals surface area contributed by atoms with Crippen molar-refractivity contribution in [2.75, 3.05) is 30.3 Å². The molecule has 0 amide bonds. The van der Waals surface area contributed by atoms with Crippen molar-refractivity contribution in [1.82, 2.24) is 15.3 Å². The van der Waals surface area contributed by atoms with Crippen LogP contribution in [0.15, 0.2) is 30.5 Å². The quantitative estimate of drug-likeness (QED) is 0.762. The van der Waals surface area contributed by atoms with Gasteiger partial charge in [-0.3, -0.25) is 0 Å². The van der Waals surface area contributed by atoms with Crippen LogP contribution in [0, 0.1) is 0 Å². The second kappa shape index (κ2) is 7.34. The Bertz CT molecular complexity index is 802. The van der Waals surface area contributed by atoms with Gasteiger partial charge in [-0.1, -0.05) is 18.2 Å². The van der Waals surface area contributed by atoms with Gasteiger partial charge in [-0.2, -0.15) is 13.2 Å². The third kappa shape index (κ3) is 4.00. The Kier molecular flexibility index (Phi) is 4.90. The average Bonchev–Trinajstić information content (AvgIpc) is 3.05. The molecule has 2 aromatic rings. The number of hydrogen-bond acceptors (Lipinski definition) is 5. The molecule has 2 aliphatic rings. The van der Waals surface area contributed by atoms with Crippen molar-refractivity contribution in [3.63, 3.8) is 0 Å². The topological polar surface area (TPSA) is 61.9 Å². The van der Waals surface area contributed by atoms with Crippen LogP contribution in [-0.4, -0.2) is 35.6 Å². The normalized spacial score (nSPS) is 22.2. The molecule has 0 aliphatic carbocycles. The van der Waals surface area contributed by atoms with Crippen LogP contribution in [0.1, 0.15) is 35.6 Å². The minimum atomic E-state index is -4.47. The van der Waals surface area contributed by atoms with Gasteiger partial charge in [0.15, 0.2) is 0 Å². The van der Waals surface area contributed by atoms with Crippen molar-refractivity contribution in [2.45, 2.75) is 37.4 Å². The molecule has 0 spiro atoms. The summed E-state index contributed by atoms with van der Waals surface area (Å²) in [5.41, 5.74) is 1.32. The summed E-state index contributed by atoms with van der Waals surface area (Å²) in [7, 11) is 0. The van der Waals surface area contributed by atoms with Gasteiger partial charge in [-0.05, 0) is 37.4 Å². The Hall–Kier alpha value is -2.35. The predicted octanol–water partition coefficient (Wildman–Crippen LogP) is 3.41. The lowest BCUT2D eigenvalue weighted by atomic mass is 9.94. The Morgan fingerprint density at radius 3 is 2.81 bits per heavy atom. The number of nitrogens with zero attached hydrogens (tertiary/aromatic N) is 2. The molecule has 0 bridgehead atoms. The highest BCUT2D eigenvalue weighted by Crippen LogP contribution is 2.37. The van der Waals surface area contributed by atoms with Gasteiger partial charge in [0.25, 0.3) is 0 Å². The van der Waals surface area contributed by atoms with Crippen LogP contribution in [-0.2, 0) is 12.6 Å². The summed E-state index contributed by atoms with van der Waals surface area (Å²) >= 11 is 0. The number of nitrogens with one attached hydrogen (secondary N) is 3. The molecule has 0 radical (unpaired) electrons. The number of rotatable bonds is 4. The standard InChI is InChI=1S/C19H22F3N5/c20-19(21,22)15-11-25-18(26-13-4-3-7-23-10-13)27-17(15)8-12-9-24-16-6-2-1-5-14(12)16/h1-2,5-6,11-13,23-24H,3-4,7-10H2,(H,25,26,27)/t12?,13-/m0/s1. The zero-order chi connectivity index (χ0) is 18.9. The van der Waals surface area contributed by atoms with Gasteiger partial charge >= 0.3 is 6.18 Å². The van der Waals surface area contributed by atoms with Crippen LogP contribution in [0.2, 0.25) is 0 Å². The van der Waals surface area contributed by atoms with Gasteiger partial charge in [0.2, 0.25) is 5.95 Å². The number of aromatic nitrogens is 2. The summed E-state index contributed by atoms with van der Waals surface area (Å²) in [5, 5.41) is 9.71. The van der Waals surface area contributed by atoms with Crippen molar-refractivity contribution in [3.8, 4) is 0 Å². The van der Waals surface area contributed by atoms with Crippen molar-refractivity contribution in [1.29, 1.82) is 0 Å². The summed E-state index contributed by atoms with van der Waals surface area (Å²) in [6, 6.07) is 7.87. The van der Waals surface area contributed by atoms with E-state index in [1.807, 2.05) is 24.3 Å². The molecule has 1 unspecified atom stereocenters. The number of alkyl halides is 3. The molecule has 1 aromatic heterocycles. The second-order valence-electron chi connectivity index (χ2n) is 7.11. The largest absolute Gasteiger partial charge is 0.419 e. The minimum absolute atomic E-state index is 0.0404. The summed E-state index contributed by atoms with van der Waals surface area (Å²) in [6.45, 7) is 2.33. The Balaban J connectivity index is 1.59. The second-order valence-corrected chi connectivity index (χ2v) is 7.11. The van der Waals surface area contributed by atoms with Gasteiger partial charge in [0.05, 0.1) is 11.3 Å². The van der Waals surface area contributed by atoms with E-state index in [9.17, 15) is 13.2 Å². The molecule has 2 aliphatic heterocycles. The number of benzene rings is 1. The number of anilines is 2. The summed E-state index contributed by atoms with van der Waals surface area (Å²) in [5.74, 6) is 0.229. The fraction of sp³-hybridized carbons (Fsp3) is 0.474. The number of para-hydroxylation sites is 1. The zero-order valence-corrected chi connectivity index (χ0v) is 14.8. The molecule has 2 atom stereocenters. The van der Waals surface area contributed by atoms with E-state index in [0.29, 0.717) is 6.54 Å². The highest BCUT2D eigenvalue weighted by molar-refractivity contribution is 5.58. The van der Waals surface area contributed by atoms with E-state index >= 15 is 0 Å². The molecule has 5 nitrogen and oxygen atoms in total. The average molecular weight is 377 g/mol. The molecule has 1 aromatic carbocycles. The Morgan fingerprint density at radius 1 is 1.19 bits per heavy atom. The van der Waals surface area contributed by atoms with E-state index in [1.165, 1.54) is 0 Å². The number of hydrogen-bond donors (Lipinski definition) is 3. The molecule has 0 saturated carbocycles. The maximum Gasteiger partial charge on any atom is 0.419 e. The number of fused-ring (bicyclic) bond motifs is 1. The van der Waals surface area contributed by atoms with Crippen LogP contribution >= 0.6 is 0 Å². The first-order valence-corrected chi connectivity index (χ1v) is 9.24. The van der Waals surface area contributed by atoms with Crippen LogP contribution in [0.25, 0.3) is 0 Å².